The van der Waals surface area contributed by atoms with Crippen LogP contribution in [0.15, 0.2) is 24.3 Å². The first kappa shape index (κ1) is 15.0. The molecule has 2 N–H and O–H groups in total. The summed E-state index contributed by atoms with van der Waals surface area (Å²) < 4.78 is 0. The van der Waals surface area contributed by atoms with Gasteiger partial charge in [0.05, 0.1) is 0 Å². The summed E-state index contributed by atoms with van der Waals surface area (Å²) in [6.07, 6.45) is 0. The number of hydrogen-bond donors (Lipinski definition) is 2. The maximum Gasteiger partial charge on any atom is 0.238 e. The lowest BCUT2D eigenvalue weighted by Crippen LogP contribution is -2.58. The molecule has 1 saturated heterocycles. The lowest BCUT2D eigenvalue weighted by molar-refractivity contribution is -0.128. The predicted molar refractivity (Wildman–Crippen MR) is 81.6 cm³/mol. The van der Waals surface area contributed by atoms with Gasteiger partial charge in [0.2, 0.25) is 5.91 Å². The van der Waals surface area contributed by atoms with Gasteiger partial charge in [0.15, 0.2) is 0 Å². The molecule has 20 heavy (non-hydrogen) atoms. The Balaban J connectivity index is 2.19. The highest BCUT2D eigenvalue weighted by molar-refractivity contribution is 5.82. The molecule has 110 valence electrons. The van der Waals surface area contributed by atoms with E-state index in [-0.39, 0.29) is 18.0 Å². The van der Waals surface area contributed by atoms with Crippen molar-refractivity contribution in [3.8, 4) is 0 Å². The number of nitrogens with zero attached hydrogens (tertiary/aromatic N) is 1. The number of aryl methyl sites for hydroxylation is 1. The summed E-state index contributed by atoms with van der Waals surface area (Å²) in [6, 6.07) is 8.60. The van der Waals surface area contributed by atoms with Crippen LogP contribution in [-0.4, -0.2) is 43.0 Å². The molecule has 1 aromatic rings. The number of likely N-dealkylation sites (N-methyl/N-ethyl adjacent to an activating group) is 1. The number of benzene rings is 1. The first-order valence-electron chi connectivity index (χ1n) is 7.44. The van der Waals surface area contributed by atoms with Crippen LogP contribution in [0.2, 0.25) is 0 Å². The number of amides is 1. The van der Waals surface area contributed by atoms with Crippen LogP contribution in [0.1, 0.15) is 31.0 Å². The Morgan fingerprint density at radius 1 is 1.50 bits per heavy atom. The van der Waals surface area contributed by atoms with Gasteiger partial charge in [-0.15, -0.1) is 0 Å². The number of piperazine rings is 1. The molecule has 0 spiro atoms. The highest BCUT2D eigenvalue weighted by Crippen LogP contribution is 2.25. The first-order chi connectivity index (χ1) is 9.65. The lowest BCUT2D eigenvalue weighted by atomic mass is 9.98. The third kappa shape index (κ3) is 3.19. The Bertz CT molecular complexity index is 461. The highest BCUT2D eigenvalue weighted by Gasteiger charge is 2.32. The van der Waals surface area contributed by atoms with Crippen LogP contribution in [-0.2, 0) is 4.79 Å². The Morgan fingerprint density at radius 2 is 2.25 bits per heavy atom. The van der Waals surface area contributed by atoms with Crippen LogP contribution in [0.5, 0.6) is 0 Å². The second kappa shape index (κ2) is 6.86. The second-order valence-corrected chi connectivity index (χ2v) is 5.38. The summed E-state index contributed by atoms with van der Waals surface area (Å²) in [5.41, 5.74) is 2.59. The van der Waals surface area contributed by atoms with E-state index in [1.165, 1.54) is 11.1 Å². The Labute approximate surface area is 121 Å². The largest absolute Gasteiger partial charge is 0.355 e. The van der Waals surface area contributed by atoms with E-state index < -0.39 is 0 Å². The van der Waals surface area contributed by atoms with E-state index in [9.17, 15) is 4.79 Å². The topological polar surface area (TPSA) is 44.4 Å². The van der Waals surface area contributed by atoms with Gasteiger partial charge in [-0.1, -0.05) is 24.3 Å². The van der Waals surface area contributed by atoms with E-state index in [1.54, 1.807) is 0 Å². The smallest absolute Gasteiger partial charge is 0.238 e. The number of carbonyl (C=O) groups excluding carboxylic acids is 1. The average molecular weight is 275 g/mol. The third-order valence-electron chi connectivity index (χ3n) is 4.07. The van der Waals surface area contributed by atoms with Crippen molar-refractivity contribution in [1.82, 2.24) is 15.5 Å². The number of rotatable bonds is 4. The zero-order valence-corrected chi connectivity index (χ0v) is 12.6. The maximum atomic E-state index is 12.2. The van der Waals surface area contributed by atoms with E-state index in [4.69, 9.17) is 0 Å². The minimum atomic E-state index is -0.0849. The average Bonchev–Trinajstić information content (AvgIpc) is 2.47. The van der Waals surface area contributed by atoms with E-state index >= 15 is 0 Å². The zero-order chi connectivity index (χ0) is 14.5. The van der Waals surface area contributed by atoms with Crippen LogP contribution < -0.4 is 10.6 Å². The Morgan fingerprint density at radius 3 is 2.95 bits per heavy atom. The molecule has 2 atom stereocenters. The van der Waals surface area contributed by atoms with E-state index in [1.807, 2.05) is 6.92 Å². The fourth-order valence-electron chi connectivity index (χ4n) is 2.95. The van der Waals surface area contributed by atoms with Crippen molar-refractivity contribution < 1.29 is 4.79 Å². The van der Waals surface area contributed by atoms with Crippen molar-refractivity contribution in [3.63, 3.8) is 0 Å². The molecule has 1 aliphatic rings. The summed E-state index contributed by atoms with van der Waals surface area (Å²) >= 11 is 0. The molecule has 1 fully saturated rings. The molecule has 0 aliphatic carbocycles. The van der Waals surface area contributed by atoms with E-state index in [0.29, 0.717) is 6.54 Å². The van der Waals surface area contributed by atoms with Crippen molar-refractivity contribution in [3.05, 3.63) is 35.4 Å². The molecule has 1 aromatic carbocycles. The lowest BCUT2D eigenvalue weighted by Gasteiger charge is -2.39. The molecule has 1 aliphatic heterocycles. The van der Waals surface area contributed by atoms with Gasteiger partial charge < -0.3 is 10.6 Å². The van der Waals surface area contributed by atoms with Gasteiger partial charge in [-0.05, 0) is 31.9 Å². The van der Waals surface area contributed by atoms with Crippen molar-refractivity contribution >= 4 is 5.91 Å². The number of carbonyl (C=O) groups is 1. The predicted octanol–water partition coefficient (Wildman–Crippen LogP) is 1.47. The van der Waals surface area contributed by atoms with Gasteiger partial charge >= 0.3 is 0 Å². The molecular formula is C16H25N3O. The minimum Gasteiger partial charge on any atom is -0.355 e. The molecule has 4 heteroatoms. The maximum absolute atomic E-state index is 12.2. The summed E-state index contributed by atoms with van der Waals surface area (Å²) in [5, 5.41) is 6.27. The van der Waals surface area contributed by atoms with Crippen LogP contribution >= 0.6 is 0 Å². The molecule has 4 nitrogen and oxygen atoms in total. The Hall–Kier alpha value is -1.39. The van der Waals surface area contributed by atoms with Crippen molar-refractivity contribution in [1.29, 1.82) is 0 Å². The van der Waals surface area contributed by atoms with Gasteiger partial charge in [0, 0.05) is 32.2 Å². The van der Waals surface area contributed by atoms with Gasteiger partial charge in [-0.25, -0.2) is 0 Å². The van der Waals surface area contributed by atoms with Gasteiger partial charge in [0.1, 0.15) is 6.04 Å². The quantitative estimate of drug-likeness (QED) is 0.874. The van der Waals surface area contributed by atoms with Crippen LogP contribution in [0.25, 0.3) is 0 Å². The summed E-state index contributed by atoms with van der Waals surface area (Å²) in [7, 11) is 0. The van der Waals surface area contributed by atoms with Crippen molar-refractivity contribution in [2.75, 3.05) is 26.2 Å². The summed E-state index contributed by atoms with van der Waals surface area (Å²) in [5.74, 6) is 0.125. The normalized spacial score (nSPS) is 21.4. The summed E-state index contributed by atoms with van der Waals surface area (Å²) in [6.45, 7) is 9.53. The van der Waals surface area contributed by atoms with Gasteiger partial charge in [-0.3, -0.25) is 9.69 Å². The van der Waals surface area contributed by atoms with Crippen molar-refractivity contribution in [2.24, 2.45) is 0 Å². The minimum absolute atomic E-state index is 0.0849. The molecule has 2 unspecified atom stereocenters. The van der Waals surface area contributed by atoms with Crippen LogP contribution in [0, 0.1) is 6.92 Å². The zero-order valence-electron chi connectivity index (χ0n) is 12.6. The highest BCUT2D eigenvalue weighted by atomic mass is 16.2. The summed E-state index contributed by atoms with van der Waals surface area (Å²) in [4.78, 5) is 14.5. The van der Waals surface area contributed by atoms with Crippen LogP contribution in [0.4, 0.5) is 0 Å². The van der Waals surface area contributed by atoms with Crippen molar-refractivity contribution in [2.45, 2.75) is 32.9 Å². The molecule has 0 radical (unpaired) electrons. The molecule has 2 rings (SSSR count). The van der Waals surface area contributed by atoms with Gasteiger partial charge in [-0.2, -0.15) is 0 Å². The van der Waals surface area contributed by atoms with Crippen LogP contribution in [0.3, 0.4) is 0 Å². The fraction of sp³-hybridized carbons (Fsp3) is 0.562. The second-order valence-electron chi connectivity index (χ2n) is 5.38. The number of hydrogen-bond acceptors (Lipinski definition) is 3. The first-order valence-corrected chi connectivity index (χ1v) is 7.44. The SMILES string of the molecule is CCNC(=O)C1CNCCN1C(C)c1ccccc1C. The standard InChI is InChI=1S/C16H25N3O/c1-4-18-16(20)15-11-17-9-10-19(15)13(3)14-8-6-5-7-12(14)2/h5-8,13,15,17H,4,9-11H2,1-3H3,(H,18,20). The molecule has 0 saturated carbocycles. The molecule has 0 aromatic heterocycles. The Kier molecular flexibility index (Phi) is 5.15. The third-order valence-corrected chi connectivity index (χ3v) is 4.07. The molecule has 1 heterocycles. The fourth-order valence-corrected chi connectivity index (χ4v) is 2.95. The monoisotopic (exact) mass is 275 g/mol. The molecule has 0 bridgehead atoms. The van der Waals surface area contributed by atoms with Gasteiger partial charge in [0.25, 0.3) is 0 Å². The van der Waals surface area contributed by atoms with E-state index in [2.05, 4.69) is 53.6 Å². The van der Waals surface area contributed by atoms with E-state index in [0.717, 1.165) is 19.6 Å². The number of nitrogens with one attached hydrogen (secondary N) is 2. The molecule has 1 amide bonds. The molecular weight excluding hydrogens is 250 g/mol.